The minimum atomic E-state index is -0.562. The molecule has 104 valence electrons. The van der Waals surface area contributed by atoms with Crippen LogP contribution in [0.1, 0.15) is 49.4 Å². The first-order chi connectivity index (χ1) is 9.15. The zero-order chi connectivity index (χ0) is 13.7. The highest BCUT2D eigenvalue weighted by Crippen LogP contribution is 2.30. The zero-order valence-electron chi connectivity index (χ0n) is 11.4. The van der Waals surface area contributed by atoms with Gasteiger partial charge in [-0.3, -0.25) is 4.79 Å². The molecular weight excluding hydrogens is 243 g/mol. The van der Waals surface area contributed by atoms with Gasteiger partial charge in [0.2, 0.25) is 5.95 Å². The van der Waals surface area contributed by atoms with Crippen LogP contribution in [0.15, 0.2) is 18.3 Å². The highest BCUT2D eigenvalue weighted by Gasteiger charge is 2.18. The number of halogens is 1. The van der Waals surface area contributed by atoms with Crippen molar-refractivity contribution >= 4 is 5.91 Å². The van der Waals surface area contributed by atoms with Crippen molar-refractivity contribution in [2.75, 3.05) is 6.54 Å². The molecule has 2 unspecified atom stereocenters. The van der Waals surface area contributed by atoms with Gasteiger partial charge >= 0.3 is 0 Å². The van der Waals surface area contributed by atoms with Crippen LogP contribution in [-0.4, -0.2) is 17.4 Å². The normalized spacial score (nSPS) is 23.1. The summed E-state index contributed by atoms with van der Waals surface area (Å²) in [4.78, 5) is 15.3. The Bertz CT molecular complexity index is 419. The number of carbonyl (C=O) groups is 1. The van der Waals surface area contributed by atoms with E-state index in [1.54, 1.807) is 0 Å². The third-order valence-corrected chi connectivity index (χ3v) is 3.87. The number of amides is 1. The number of carbonyl (C=O) groups excluding carboxylic acids is 1. The second-order valence-electron chi connectivity index (χ2n) is 5.55. The van der Waals surface area contributed by atoms with Gasteiger partial charge in [0.1, 0.15) is 0 Å². The number of nitrogens with one attached hydrogen (secondary N) is 1. The molecule has 2 rings (SSSR count). The summed E-state index contributed by atoms with van der Waals surface area (Å²) in [6.07, 6.45) is 7.50. The van der Waals surface area contributed by atoms with E-state index in [-0.39, 0.29) is 5.91 Å². The Morgan fingerprint density at radius 2 is 2.32 bits per heavy atom. The fourth-order valence-electron chi connectivity index (χ4n) is 2.82. The van der Waals surface area contributed by atoms with E-state index in [1.807, 2.05) is 0 Å². The number of hydrogen-bond acceptors (Lipinski definition) is 2. The quantitative estimate of drug-likeness (QED) is 0.849. The molecule has 1 aromatic rings. The molecule has 0 spiro atoms. The van der Waals surface area contributed by atoms with Crippen molar-refractivity contribution in [1.82, 2.24) is 10.3 Å². The molecule has 3 nitrogen and oxygen atoms in total. The number of nitrogens with zero attached hydrogens (tertiary/aromatic N) is 1. The van der Waals surface area contributed by atoms with Crippen molar-refractivity contribution in [1.29, 1.82) is 0 Å². The molecule has 1 heterocycles. The molecule has 0 radical (unpaired) electrons. The van der Waals surface area contributed by atoms with Crippen LogP contribution >= 0.6 is 0 Å². The van der Waals surface area contributed by atoms with Gasteiger partial charge in [-0.1, -0.05) is 26.2 Å². The fourth-order valence-corrected chi connectivity index (χ4v) is 2.82. The lowest BCUT2D eigenvalue weighted by Gasteiger charge is -2.26. The fraction of sp³-hybridized carbons (Fsp3) is 0.600. The molecule has 1 fully saturated rings. The maximum absolute atomic E-state index is 12.6. The Kier molecular flexibility index (Phi) is 4.88. The van der Waals surface area contributed by atoms with Crippen LogP contribution < -0.4 is 5.32 Å². The number of hydrogen-bond donors (Lipinski definition) is 1. The molecule has 1 N–H and O–H groups in total. The zero-order valence-corrected chi connectivity index (χ0v) is 11.4. The van der Waals surface area contributed by atoms with Gasteiger partial charge in [-0.25, -0.2) is 4.98 Å². The van der Waals surface area contributed by atoms with Gasteiger partial charge < -0.3 is 5.32 Å². The number of aromatic nitrogens is 1. The molecule has 0 aliphatic heterocycles. The lowest BCUT2D eigenvalue weighted by molar-refractivity contribution is 0.0949. The van der Waals surface area contributed by atoms with E-state index < -0.39 is 5.95 Å². The van der Waals surface area contributed by atoms with E-state index in [2.05, 4.69) is 17.2 Å². The first kappa shape index (κ1) is 14.0. The minimum Gasteiger partial charge on any atom is -0.352 e. The van der Waals surface area contributed by atoms with Crippen molar-refractivity contribution in [3.63, 3.8) is 0 Å². The van der Waals surface area contributed by atoms with E-state index in [0.717, 1.165) is 18.3 Å². The molecular formula is C15H21FN2O. The second-order valence-corrected chi connectivity index (χ2v) is 5.55. The Balaban J connectivity index is 1.73. The van der Waals surface area contributed by atoms with Gasteiger partial charge in [-0.05, 0) is 36.8 Å². The van der Waals surface area contributed by atoms with Crippen LogP contribution in [0, 0.1) is 17.8 Å². The third-order valence-electron chi connectivity index (χ3n) is 3.87. The van der Waals surface area contributed by atoms with Gasteiger partial charge in [-0.2, -0.15) is 4.39 Å². The SMILES string of the molecule is CC1CCCC(CCNC(=O)c2ccc(F)nc2)C1. The summed E-state index contributed by atoms with van der Waals surface area (Å²) in [5.41, 5.74) is 0.415. The largest absolute Gasteiger partial charge is 0.352 e. The van der Waals surface area contributed by atoms with Gasteiger partial charge in [0.25, 0.3) is 5.91 Å². The van der Waals surface area contributed by atoms with Gasteiger partial charge in [0.15, 0.2) is 0 Å². The van der Waals surface area contributed by atoms with Crippen LogP contribution in [0.3, 0.4) is 0 Å². The first-order valence-electron chi connectivity index (χ1n) is 7.05. The summed E-state index contributed by atoms with van der Waals surface area (Å²) in [6.45, 7) is 2.99. The topological polar surface area (TPSA) is 42.0 Å². The molecule has 2 atom stereocenters. The molecule has 1 aliphatic carbocycles. The monoisotopic (exact) mass is 264 g/mol. The lowest BCUT2D eigenvalue weighted by Crippen LogP contribution is -2.27. The van der Waals surface area contributed by atoms with E-state index >= 15 is 0 Å². The van der Waals surface area contributed by atoms with E-state index in [0.29, 0.717) is 12.1 Å². The molecule has 1 amide bonds. The molecule has 4 heteroatoms. The number of rotatable bonds is 4. The molecule has 19 heavy (non-hydrogen) atoms. The van der Waals surface area contributed by atoms with Gasteiger partial charge in [0.05, 0.1) is 5.56 Å². The minimum absolute atomic E-state index is 0.170. The van der Waals surface area contributed by atoms with Crippen LogP contribution in [0.25, 0.3) is 0 Å². The van der Waals surface area contributed by atoms with E-state index in [9.17, 15) is 9.18 Å². The molecule has 1 saturated carbocycles. The summed E-state index contributed by atoms with van der Waals surface area (Å²) < 4.78 is 12.6. The Labute approximate surface area is 113 Å². The predicted octanol–water partition coefficient (Wildman–Crippen LogP) is 3.17. The smallest absolute Gasteiger partial charge is 0.252 e. The van der Waals surface area contributed by atoms with E-state index in [4.69, 9.17) is 0 Å². The Morgan fingerprint density at radius 1 is 1.47 bits per heavy atom. The average molecular weight is 264 g/mol. The van der Waals surface area contributed by atoms with Crippen LogP contribution in [0.5, 0.6) is 0 Å². The lowest BCUT2D eigenvalue weighted by atomic mass is 9.81. The number of pyridine rings is 1. The van der Waals surface area contributed by atoms with E-state index in [1.165, 1.54) is 44.0 Å². The van der Waals surface area contributed by atoms with Crippen molar-refractivity contribution in [3.8, 4) is 0 Å². The van der Waals surface area contributed by atoms with Crippen LogP contribution in [-0.2, 0) is 0 Å². The molecule has 0 saturated heterocycles. The third kappa shape index (κ3) is 4.30. The predicted molar refractivity (Wildman–Crippen MR) is 72.3 cm³/mol. The average Bonchev–Trinajstić information content (AvgIpc) is 2.39. The van der Waals surface area contributed by atoms with Crippen LogP contribution in [0.4, 0.5) is 4.39 Å². The molecule has 1 aromatic heterocycles. The van der Waals surface area contributed by atoms with Crippen LogP contribution in [0.2, 0.25) is 0 Å². The maximum Gasteiger partial charge on any atom is 0.252 e. The van der Waals surface area contributed by atoms with Crippen molar-refractivity contribution in [3.05, 3.63) is 29.8 Å². The van der Waals surface area contributed by atoms with Crippen molar-refractivity contribution in [2.24, 2.45) is 11.8 Å². The summed E-state index contributed by atoms with van der Waals surface area (Å²) in [5, 5.41) is 2.88. The Hall–Kier alpha value is -1.45. The summed E-state index contributed by atoms with van der Waals surface area (Å²) >= 11 is 0. The van der Waals surface area contributed by atoms with Crippen molar-refractivity contribution < 1.29 is 9.18 Å². The molecule has 0 bridgehead atoms. The van der Waals surface area contributed by atoms with Gasteiger partial charge in [0, 0.05) is 12.7 Å². The summed E-state index contributed by atoms with van der Waals surface area (Å²) in [6, 6.07) is 2.66. The van der Waals surface area contributed by atoms with Gasteiger partial charge in [-0.15, -0.1) is 0 Å². The second kappa shape index (κ2) is 6.64. The molecule has 0 aromatic carbocycles. The van der Waals surface area contributed by atoms with Crippen molar-refractivity contribution in [2.45, 2.75) is 39.0 Å². The summed E-state index contributed by atoms with van der Waals surface area (Å²) in [5.74, 6) is 0.815. The highest BCUT2D eigenvalue weighted by atomic mass is 19.1. The highest BCUT2D eigenvalue weighted by molar-refractivity contribution is 5.93. The standard InChI is InChI=1S/C15H21FN2O/c1-11-3-2-4-12(9-11)7-8-17-15(19)13-5-6-14(16)18-10-13/h5-6,10-12H,2-4,7-9H2,1H3,(H,17,19). The maximum atomic E-state index is 12.6. The first-order valence-corrected chi connectivity index (χ1v) is 7.05. The molecule has 1 aliphatic rings. The Morgan fingerprint density at radius 3 is 3.00 bits per heavy atom. The summed E-state index contributed by atoms with van der Waals surface area (Å²) in [7, 11) is 0.